The van der Waals surface area contributed by atoms with Crippen LogP contribution in [0, 0.1) is 0 Å². The van der Waals surface area contributed by atoms with Gasteiger partial charge in [-0.2, -0.15) is 0 Å². The van der Waals surface area contributed by atoms with Gasteiger partial charge >= 0.3 is 0 Å². The molecule has 0 radical (unpaired) electrons. The summed E-state index contributed by atoms with van der Waals surface area (Å²) in [5.41, 5.74) is 4.35. The molecule has 160 valence electrons. The van der Waals surface area contributed by atoms with E-state index in [1.165, 1.54) is 24.1 Å². The lowest BCUT2D eigenvalue weighted by atomic mass is 10.1. The van der Waals surface area contributed by atoms with Crippen LogP contribution < -0.4 is 20.9 Å². The molecular formula is C24H33N5O. The lowest BCUT2D eigenvalue weighted by molar-refractivity contribution is 0.0963. The van der Waals surface area contributed by atoms with Crippen molar-refractivity contribution >= 4 is 17.6 Å². The first kappa shape index (κ1) is 21.7. The fourth-order valence-corrected chi connectivity index (χ4v) is 3.79. The Kier molecular flexibility index (Phi) is 7.71. The first-order valence-electron chi connectivity index (χ1n) is 10.7. The van der Waals surface area contributed by atoms with Crippen molar-refractivity contribution in [2.45, 2.75) is 32.2 Å². The van der Waals surface area contributed by atoms with Gasteiger partial charge < -0.3 is 20.9 Å². The number of nitrogens with one attached hydrogen (secondary N) is 3. The van der Waals surface area contributed by atoms with Crippen molar-refractivity contribution in [1.29, 1.82) is 0 Å². The van der Waals surface area contributed by atoms with E-state index in [1.807, 2.05) is 24.3 Å². The smallest absolute Gasteiger partial charge is 0.251 e. The Hall–Kier alpha value is -3.02. The number of rotatable bonds is 7. The van der Waals surface area contributed by atoms with Crippen molar-refractivity contribution in [3.8, 4) is 0 Å². The second-order valence-electron chi connectivity index (χ2n) is 7.68. The van der Waals surface area contributed by atoms with Gasteiger partial charge in [-0.05, 0) is 61.6 Å². The van der Waals surface area contributed by atoms with E-state index in [-0.39, 0.29) is 11.9 Å². The molecule has 1 aliphatic heterocycles. The number of hydrogen-bond donors (Lipinski definition) is 3. The van der Waals surface area contributed by atoms with Gasteiger partial charge in [0.25, 0.3) is 5.91 Å². The monoisotopic (exact) mass is 407 g/mol. The summed E-state index contributed by atoms with van der Waals surface area (Å²) in [6.07, 6.45) is 3.37. The van der Waals surface area contributed by atoms with Gasteiger partial charge in [-0.3, -0.25) is 9.79 Å². The van der Waals surface area contributed by atoms with Crippen LogP contribution in [0.5, 0.6) is 0 Å². The highest BCUT2D eigenvalue weighted by Gasteiger charge is 2.14. The average Bonchev–Trinajstić information content (AvgIpc) is 3.33. The number of carbonyl (C=O) groups excluding carboxylic acids is 1. The quantitative estimate of drug-likeness (QED) is 0.487. The molecule has 3 rings (SSSR count). The standard InChI is InChI=1S/C24H33N5O/c1-18(20-9-7-11-22(17-20)29-14-4-5-15-29)28-24(26-3)27-13-12-19-8-6-10-21(16-19)23(30)25-2/h6-11,16-18H,4-5,12-15H2,1-3H3,(H,25,30)(H2,26,27,28). The number of hydrogen-bond acceptors (Lipinski definition) is 3. The Morgan fingerprint density at radius 3 is 2.63 bits per heavy atom. The first-order chi connectivity index (χ1) is 14.6. The highest BCUT2D eigenvalue weighted by molar-refractivity contribution is 5.94. The van der Waals surface area contributed by atoms with E-state index < -0.39 is 0 Å². The molecule has 3 N–H and O–H groups in total. The molecule has 1 atom stereocenters. The normalized spacial score (nSPS) is 15.0. The minimum Gasteiger partial charge on any atom is -0.372 e. The van der Waals surface area contributed by atoms with Crippen LogP contribution in [0.3, 0.4) is 0 Å². The molecule has 1 amide bonds. The van der Waals surface area contributed by atoms with Crippen LogP contribution in [-0.2, 0) is 6.42 Å². The van der Waals surface area contributed by atoms with Crippen LogP contribution in [0.15, 0.2) is 53.5 Å². The van der Waals surface area contributed by atoms with E-state index in [1.54, 1.807) is 14.1 Å². The maximum atomic E-state index is 11.8. The zero-order valence-electron chi connectivity index (χ0n) is 18.2. The number of anilines is 1. The van der Waals surface area contributed by atoms with Gasteiger partial charge in [0.15, 0.2) is 5.96 Å². The maximum absolute atomic E-state index is 11.8. The van der Waals surface area contributed by atoms with Gasteiger partial charge in [0.2, 0.25) is 0 Å². The van der Waals surface area contributed by atoms with E-state index in [0.717, 1.165) is 37.6 Å². The topological polar surface area (TPSA) is 68.8 Å². The molecule has 1 heterocycles. The lowest BCUT2D eigenvalue weighted by Gasteiger charge is -2.22. The predicted molar refractivity (Wildman–Crippen MR) is 124 cm³/mol. The Labute approximate surface area is 179 Å². The third kappa shape index (κ3) is 5.75. The molecule has 30 heavy (non-hydrogen) atoms. The molecule has 2 aromatic rings. The summed E-state index contributed by atoms with van der Waals surface area (Å²) >= 11 is 0. The van der Waals surface area contributed by atoms with E-state index in [9.17, 15) is 4.79 Å². The van der Waals surface area contributed by atoms with E-state index in [0.29, 0.717) is 5.56 Å². The van der Waals surface area contributed by atoms with Crippen molar-refractivity contribution in [3.05, 3.63) is 65.2 Å². The Balaban J connectivity index is 1.53. The summed E-state index contributed by atoms with van der Waals surface area (Å²) in [7, 11) is 3.43. The molecule has 6 heteroatoms. The van der Waals surface area contributed by atoms with Gasteiger partial charge in [0.1, 0.15) is 0 Å². The van der Waals surface area contributed by atoms with Crippen molar-refractivity contribution < 1.29 is 4.79 Å². The number of benzene rings is 2. The van der Waals surface area contributed by atoms with E-state index >= 15 is 0 Å². The second kappa shape index (κ2) is 10.7. The number of aliphatic imine (C=N–C) groups is 1. The van der Waals surface area contributed by atoms with Crippen LogP contribution in [0.1, 0.15) is 47.3 Å². The molecule has 1 saturated heterocycles. The predicted octanol–water partition coefficient (Wildman–Crippen LogP) is 3.12. The Morgan fingerprint density at radius 1 is 1.13 bits per heavy atom. The highest BCUT2D eigenvalue weighted by Crippen LogP contribution is 2.23. The van der Waals surface area contributed by atoms with Crippen LogP contribution in [0.4, 0.5) is 5.69 Å². The molecule has 0 aromatic heterocycles. The number of nitrogens with zero attached hydrogens (tertiary/aromatic N) is 2. The maximum Gasteiger partial charge on any atom is 0.251 e. The third-order valence-electron chi connectivity index (χ3n) is 5.54. The number of carbonyl (C=O) groups is 1. The minimum atomic E-state index is -0.0627. The number of guanidine groups is 1. The summed E-state index contributed by atoms with van der Waals surface area (Å²) < 4.78 is 0. The van der Waals surface area contributed by atoms with Crippen molar-refractivity contribution in [2.24, 2.45) is 4.99 Å². The molecule has 1 fully saturated rings. The largest absolute Gasteiger partial charge is 0.372 e. The molecule has 6 nitrogen and oxygen atoms in total. The lowest BCUT2D eigenvalue weighted by Crippen LogP contribution is -2.39. The third-order valence-corrected chi connectivity index (χ3v) is 5.54. The zero-order valence-corrected chi connectivity index (χ0v) is 18.2. The van der Waals surface area contributed by atoms with E-state index in [2.05, 4.69) is 57.0 Å². The van der Waals surface area contributed by atoms with Gasteiger partial charge in [0.05, 0.1) is 6.04 Å². The Morgan fingerprint density at radius 2 is 1.90 bits per heavy atom. The fourth-order valence-electron chi connectivity index (χ4n) is 3.79. The number of amides is 1. The van der Waals surface area contributed by atoms with Gasteiger partial charge in [-0.25, -0.2) is 0 Å². The molecule has 1 unspecified atom stereocenters. The fraction of sp³-hybridized carbons (Fsp3) is 0.417. The highest BCUT2D eigenvalue weighted by atomic mass is 16.1. The molecular weight excluding hydrogens is 374 g/mol. The van der Waals surface area contributed by atoms with Gasteiger partial charge in [-0.1, -0.05) is 24.3 Å². The van der Waals surface area contributed by atoms with Crippen molar-refractivity contribution in [1.82, 2.24) is 16.0 Å². The van der Waals surface area contributed by atoms with E-state index in [4.69, 9.17) is 0 Å². The van der Waals surface area contributed by atoms with Gasteiger partial charge in [-0.15, -0.1) is 0 Å². The van der Waals surface area contributed by atoms with Gasteiger partial charge in [0, 0.05) is 45.0 Å². The van der Waals surface area contributed by atoms with Crippen molar-refractivity contribution in [2.75, 3.05) is 38.6 Å². The zero-order chi connectivity index (χ0) is 21.3. The molecule has 2 aromatic carbocycles. The van der Waals surface area contributed by atoms with Crippen LogP contribution in [0.2, 0.25) is 0 Å². The average molecular weight is 408 g/mol. The summed E-state index contributed by atoms with van der Waals surface area (Å²) in [4.78, 5) is 18.6. The van der Waals surface area contributed by atoms with Crippen molar-refractivity contribution in [3.63, 3.8) is 0 Å². The Bertz CT molecular complexity index is 873. The SMILES string of the molecule is CN=C(NCCc1cccc(C(=O)NC)c1)NC(C)c1cccc(N2CCCC2)c1. The van der Waals surface area contributed by atoms with Crippen LogP contribution in [0.25, 0.3) is 0 Å². The van der Waals surface area contributed by atoms with Crippen LogP contribution >= 0.6 is 0 Å². The van der Waals surface area contributed by atoms with Crippen LogP contribution in [-0.4, -0.2) is 45.6 Å². The molecule has 0 aliphatic carbocycles. The molecule has 0 spiro atoms. The minimum absolute atomic E-state index is 0.0627. The summed E-state index contributed by atoms with van der Waals surface area (Å²) in [5, 5.41) is 9.52. The molecule has 0 bridgehead atoms. The second-order valence-corrected chi connectivity index (χ2v) is 7.68. The first-order valence-corrected chi connectivity index (χ1v) is 10.7. The summed E-state index contributed by atoms with van der Waals surface area (Å²) in [5.74, 6) is 0.712. The summed E-state index contributed by atoms with van der Waals surface area (Å²) in [6, 6.07) is 16.6. The summed E-state index contributed by atoms with van der Waals surface area (Å²) in [6.45, 7) is 5.19. The molecule has 0 saturated carbocycles. The molecule has 1 aliphatic rings.